The van der Waals surface area contributed by atoms with Gasteiger partial charge in [0.05, 0.1) is 28.2 Å². The maximum absolute atomic E-state index is 12.6. The molecule has 0 aliphatic carbocycles. The second kappa shape index (κ2) is 7.41. The first-order valence-electron chi connectivity index (χ1n) is 7.64. The lowest BCUT2D eigenvalue weighted by atomic mass is 10.2. The Morgan fingerprint density at radius 2 is 2.25 bits per heavy atom. The van der Waals surface area contributed by atoms with Crippen molar-refractivity contribution in [1.82, 2.24) is 4.90 Å². The van der Waals surface area contributed by atoms with Crippen LogP contribution < -0.4 is 4.74 Å². The van der Waals surface area contributed by atoms with Crippen molar-refractivity contribution in [3.63, 3.8) is 0 Å². The van der Waals surface area contributed by atoms with E-state index in [2.05, 4.69) is 0 Å². The summed E-state index contributed by atoms with van der Waals surface area (Å²) in [5.41, 5.74) is 0.401. The van der Waals surface area contributed by atoms with Crippen LogP contribution in [0.25, 0.3) is 0 Å². The normalized spacial score (nSPS) is 20.2. The van der Waals surface area contributed by atoms with Gasteiger partial charge in [0.25, 0.3) is 5.91 Å². The van der Waals surface area contributed by atoms with Crippen LogP contribution in [0, 0.1) is 11.3 Å². The minimum Gasteiger partial charge on any atom is -0.479 e. The van der Waals surface area contributed by atoms with Gasteiger partial charge in [0.1, 0.15) is 5.75 Å². The van der Waals surface area contributed by atoms with Crippen LogP contribution in [0.3, 0.4) is 0 Å². The lowest BCUT2D eigenvalue weighted by Gasteiger charge is -2.29. The molecule has 8 heteroatoms. The highest BCUT2D eigenvalue weighted by Gasteiger charge is 2.35. The molecule has 1 aromatic carbocycles. The molecule has 0 aromatic heterocycles. The summed E-state index contributed by atoms with van der Waals surface area (Å²) < 4.78 is 28.9. The molecule has 6 nitrogen and oxygen atoms in total. The fraction of sp³-hybridized carbons (Fsp3) is 0.500. The number of halogens is 1. The first-order valence-corrected chi connectivity index (χ1v) is 9.84. The molecule has 0 spiro atoms. The third-order valence-corrected chi connectivity index (χ3v) is 6.03. The highest BCUT2D eigenvalue weighted by Crippen LogP contribution is 2.27. The number of carbonyl (C=O) groups is 1. The van der Waals surface area contributed by atoms with E-state index in [1.807, 2.05) is 13.0 Å². The SMILES string of the molecule is CCN(C(=O)[C@@H](C)Oc1ccc(C#N)cc1Cl)[C@H]1CCS(=O)(=O)C1. The van der Waals surface area contributed by atoms with Gasteiger partial charge in [-0.1, -0.05) is 11.6 Å². The van der Waals surface area contributed by atoms with E-state index in [1.54, 1.807) is 24.0 Å². The van der Waals surface area contributed by atoms with Crippen LogP contribution in [0.2, 0.25) is 5.02 Å². The van der Waals surface area contributed by atoms with Gasteiger partial charge in [-0.25, -0.2) is 8.42 Å². The van der Waals surface area contributed by atoms with Gasteiger partial charge in [-0.2, -0.15) is 5.26 Å². The van der Waals surface area contributed by atoms with Crippen LogP contribution in [-0.4, -0.2) is 49.4 Å². The van der Waals surface area contributed by atoms with Crippen molar-refractivity contribution in [1.29, 1.82) is 5.26 Å². The number of ether oxygens (including phenoxy) is 1. The number of likely N-dealkylation sites (N-methyl/N-ethyl adjacent to an activating group) is 1. The quantitative estimate of drug-likeness (QED) is 0.791. The molecular formula is C16H19ClN2O4S. The lowest BCUT2D eigenvalue weighted by Crippen LogP contribution is -2.46. The summed E-state index contributed by atoms with van der Waals surface area (Å²) >= 11 is 6.05. The maximum Gasteiger partial charge on any atom is 0.263 e. The van der Waals surface area contributed by atoms with Crippen LogP contribution in [0.1, 0.15) is 25.8 Å². The lowest BCUT2D eigenvalue weighted by molar-refractivity contribution is -0.139. The predicted molar refractivity (Wildman–Crippen MR) is 90.7 cm³/mol. The number of rotatable bonds is 5. The van der Waals surface area contributed by atoms with Gasteiger partial charge in [-0.3, -0.25) is 4.79 Å². The molecule has 0 bridgehead atoms. The molecule has 2 rings (SSSR count). The maximum atomic E-state index is 12.6. The molecule has 0 N–H and O–H groups in total. The third-order valence-electron chi connectivity index (χ3n) is 3.99. The number of amides is 1. The number of sulfone groups is 1. The highest BCUT2D eigenvalue weighted by molar-refractivity contribution is 7.91. The summed E-state index contributed by atoms with van der Waals surface area (Å²) in [6, 6.07) is 6.23. The van der Waals surface area contributed by atoms with Crippen LogP contribution in [0.15, 0.2) is 18.2 Å². The topological polar surface area (TPSA) is 87.5 Å². The Morgan fingerprint density at radius 1 is 1.54 bits per heavy atom. The van der Waals surface area contributed by atoms with E-state index in [1.165, 1.54) is 6.07 Å². The van der Waals surface area contributed by atoms with Crippen molar-refractivity contribution in [2.45, 2.75) is 32.4 Å². The molecule has 1 aromatic rings. The van der Waals surface area contributed by atoms with Crippen molar-refractivity contribution in [3.05, 3.63) is 28.8 Å². The highest BCUT2D eigenvalue weighted by atomic mass is 35.5. The Kier molecular flexibility index (Phi) is 5.73. The average molecular weight is 371 g/mol. The van der Waals surface area contributed by atoms with Gasteiger partial charge >= 0.3 is 0 Å². The van der Waals surface area contributed by atoms with E-state index in [0.29, 0.717) is 24.3 Å². The Labute approximate surface area is 146 Å². The van der Waals surface area contributed by atoms with E-state index >= 15 is 0 Å². The number of nitriles is 1. The summed E-state index contributed by atoms with van der Waals surface area (Å²) in [4.78, 5) is 14.2. The van der Waals surface area contributed by atoms with Crippen molar-refractivity contribution in [2.24, 2.45) is 0 Å². The second-order valence-electron chi connectivity index (χ2n) is 5.70. The minimum absolute atomic E-state index is 0.00305. The Balaban J connectivity index is 2.09. The Morgan fingerprint density at radius 3 is 2.75 bits per heavy atom. The fourth-order valence-electron chi connectivity index (χ4n) is 2.76. The number of carbonyl (C=O) groups excluding carboxylic acids is 1. The molecule has 24 heavy (non-hydrogen) atoms. The van der Waals surface area contributed by atoms with E-state index in [-0.39, 0.29) is 28.5 Å². The molecule has 2 atom stereocenters. The fourth-order valence-corrected chi connectivity index (χ4v) is 4.71. The van der Waals surface area contributed by atoms with Gasteiger partial charge < -0.3 is 9.64 Å². The zero-order chi connectivity index (χ0) is 17.9. The number of hydrogen-bond acceptors (Lipinski definition) is 5. The molecule has 1 heterocycles. The van der Waals surface area contributed by atoms with E-state index in [0.717, 1.165) is 0 Å². The van der Waals surface area contributed by atoms with Crippen molar-refractivity contribution in [3.8, 4) is 11.8 Å². The van der Waals surface area contributed by atoms with Crippen LogP contribution in [-0.2, 0) is 14.6 Å². The summed E-state index contributed by atoms with van der Waals surface area (Å²) in [5, 5.41) is 9.08. The van der Waals surface area contributed by atoms with Gasteiger partial charge in [-0.15, -0.1) is 0 Å². The van der Waals surface area contributed by atoms with Crippen LogP contribution in [0.4, 0.5) is 0 Å². The smallest absolute Gasteiger partial charge is 0.263 e. The van der Waals surface area contributed by atoms with Crippen LogP contribution in [0.5, 0.6) is 5.75 Å². The largest absolute Gasteiger partial charge is 0.479 e. The molecule has 0 saturated carbocycles. The molecule has 0 unspecified atom stereocenters. The second-order valence-corrected chi connectivity index (χ2v) is 8.33. The number of benzene rings is 1. The van der Waals surface area contributed by atoms with Crippen LogP contribution >= 0.6 is 11.6 Å². The summed E-state index contributed by atoms with van der Waals surface area (Å²) in [6.07, 6.45) is -0.356. The average Bonchev–Trinajstić information content (AvgIpc) is 2.89. The van der Waals surface area contributed by atoms with Crippen molar-refractivity contribution < 1.29 is 17.9 Å². The molecule has 130 valence electrons. The zero-order valence-electron chi connectivity index (χ0n) is 13.5. The standard InChI is InChI=1S/C16H19ClN2O4S/c1-3-19(13-6-7-24(21,22)10-13)16(20)11(2)23-15-5-4-12(9-18)8-14(15)17/h4-5,8,11,13H,3,6-7,10H2,1-2H3/t11-,13+/m1/s1. The molecule has 1 saturated heterocycles. The van der Waals surface area contributed by atoms with E-state index < -0.39 is 15.9 Å². The predicted octanol–water partition coefficient (Wildman–Crippen LogP) is 2.01. The van der Waals surface area contributed by atoms with Gasteiger partial charge in [0, 0.05) is 12.6 Å². The molecule has 0 radical (unpaired) electrons. The molecule has 1 fully saturated rings. The van der Waals surface area contributed by atoms with E-state index in [9.17, 15) is 13.2 Å². The zero-order valence-corrected chi connectivity index (χ0v) is 15.1. The van der Waals surface area contributed by atoms with Crippen molar-refractivity contribution >= 4 is 27.3 Å². The molecule has 1 aliphatic heterocycles. The first kappa shape index (κ1) is 18.6. The molecule has 1 aliphatic rings. The first-order chi connectivity index (χ1) is 11.3. The summed E-state index contributed by atoms with van der Waals surface area (Å²) in [7, 11) is -3.07. The van der Waals surface area contributed by atoms with Gasteiger partial charge in [-0.05, 0) is 38.5 Å². The van der Waals surface area contributed by atoms with Gasteiger partial charge in [0.15, 0.2) is 15.9 Å². The Bertz CT molecular complexity index is 773. The minimum atomic E-state index is -3.07. The number of hydrogen-bond donors (Lipinski definition) is 0. The number of nitrogens with zero attached hydrogens (tertiary/aromatic N) is 2. The molecular weight excluding hydrogens is 352 g/mol. The third kappa shape index (κ3) is 4.19. The summed E-state index contributed by atoms with van der Waals surface area (Å²) in [6.45, 7) is 3.82. The summed E-state index contributed by atoms with van der Waals surface area (Å²) in [5.74, 6) is 0.140. The molecule has 1 amide bonds. The van der Waals surface area contributed by atoms with Crippen molar-refractivity contribution in [2.75, 3.05) is 18.1 Å². The Hall–Kier alpha value is -1.78. The van der Waals surface area contributed by atoms with E-state index in [4.69, 9.17) is 21.6 Å². The monoisotopic (exact) mass is 370 g/mol. The van der Waals surface area contributed by atoms with Gasteiger partial charge in [0.2, 0.25) is 0 Å².